The summed E-state index contributed by atoms with van der Waals surface area (Å²) >= 11 is 0. The molecule has 2 heterocycles. The van der Waals surface area contributed by atoms with Crippen LogP contribution >= 0.6 is 0 Å². The van der Waals surface area contributed by atoms with Gasteiger partial charge in [-0.25, -0.2) is 0 Å². The summed E-state index contributed by atoms with van der Waals surface area (Å²) in [5.74, 6) is 0.420. The average molecular weight is 239 g/mol. The lowest BCUT2D eigenvalue weighted by atomic mass is 10.1. The van der Waals surface area contributed by atoms with Gasteiger partial charge in [-0.2, -0.15) is 0 Å². The van der Waals surface area contributed by atoms with Gasteiger partial charge in [-0.3, -0.25) is 9.59 Å². The van der Waals surface area contributed by atoms with E-state index in [4.69, 9.17) is 0 Å². The summed E-state index contributed by atoms with van der Waals surface area (Å²) in [6, 6.07) is 0.270. The molecule has 2 saturated heterocycles. The van der Waals surface area contributed by atoms with E-state index >= 15 is 0 Å². The molecule has 2 amide bonds. The molecule has 5 heteroatoms. The van der Waals surface area contributed by atoms with Crippen LogP contribution in [0.25, 0.3) is 0 Å². The van der Waals surface area contributed by atoms with E-state index in [1.165, 1.54) is 0 Å². The average Bonchev–Trinajstić information content (AvgIpc) is 2.71. The van der Waals surface area contributed by atoms with Crippen molar-refractivity contribution in [2.45, 2.75) is 32.2 Å². The number of carbonyl (C=O) groups excluding carboxylic acids is 2. The number of carbonyl (C=O) groups is 2. The molecule has 0 saturated carbocycles. The van der Waals surface area contributed by atoms with Crippen molar-refractivity contribution >= 4 is 11.8 Å². The Hall–Kier alpha value is -1.10. The predicted octanol–water partition coefficient (Wildman–Crippen LogP) is -0.181. The Balaban J connectivity index is 1.80. The Labute approximate surface area is 102 Å². The number of fused-ring (bicyclic) bond motifs is 1. The molecular weight excluding hydrogens is 218 g/mol. The van der Waals surface area contributed by atoms with Gasteiger partial charge in [0.1, 0.15) is 0 Å². The molecule has 1 atom stereocenters. The molecule has 0 aromatic rings. The molecule has 2 rings (SSSR count). The van der Waals surface area contributed by atoms with Crippen LogP contribution in [0.15, 0.2) is 0 Å². The molecule has 1 unspecified atom stereocenters. The lowest BCUT2D eigenvalue weighted by Gasteiger charge is -2.37. The van der Waals surface area contributed by atoms with Gasteiger partial charge in [-0.05, 0) is 19.4 Å². The molecule has 1 N–H and O–H groups in total. The van der Waals surface area contributed by atoms with Crippen LogP contribution < -0.4 is 5.32 Å². The third-order valence-electron chi connectivity index (χ3n) is 3.55. The molecule has 0 spiro atoms. The van der Waals surface area contributed by atoms with E-state index < -0.39 is 0 Å². The van der Waals surface area contributed by atoms with Crippen LogP contribution in [0, 0.1) is 0 Å². The third kappa shape index (κ3) is 2.77. The highest BCUT2D eigenvalue weighted by molar-refractivity contribution is 5.81. The highest BCUT2D eigenvalue weighted by Gasteiger charge is 2.36. The summed E-state index contributed by atoms with van der Waals surface area (Å²) in [6.07, 6.45) is 2.60. The van der Waals surface area contributed by atoms with Gasteiger partial charge in [0.25, 0.3) is 0 Å². The van der Waals surface area contributed by atoms with E-state index in [0.717, 1.165) is 25.9 Å². The first-order chi connectivity index (χ1) is 8.22. The highest BCUT2D eigenvalue weighted by Crippen LogP contribution is 2.22. The summed E-state index contributed by atoms with van der Waals surface area (Å²) in [4.78, 5) is 27.2. The second kappa shape index (κ2) is 5.49. The van der Waals surface area contributed by atoms with Crippen LogP contribution in [-0.4, -0.2) is 60.4 Å². The van der Waals surface area contributed by atoms with Crippen molar-refractivity contribution in [3.63, 3.8) is 0 Å². The van der Waals surface area contributed by atoms with Gasteiger partial charge >= 0.3 is 0 Å². The maximum Gasteiger partial charge on any atom is 0.236 e. The second-order valence-electron chi connectivity index (χ2n) is 4.80. The van der Waals surface area contributed by atoms with Gasteiger partial charge in [0, 0.05) is 32.1 Å². The number of hydrogen-bond donors (Lipinski definition) is 1. The molecule has 0 aliphatic carbocycles. The number of nitrogens with zero attached hydrogens (tertiary/aromatic N) is 2. The van der Waals surface area contributed by atoms with Gasteiger partial charge in [0.15, 0.2) is 0 Å². The first kappa shape index (κ1) is 12.4. The minimum Gasteiger partial charge on any atom is -0.338 e. The van der Waals surface area contributed by atoms with Crippen LogP contribution in [0.4, 0.5) is 0 Å². The maximum absolute atomic E-state index is 11.9. The van der Waals surface area contributed by atoms with E-state index in [-0.39, 0.29) is 17.9 Å². The summed E-state index contributed by atoms with van der Waals surface area (Å²) in [7, 11) is 0. The van der Waals surface area contributed by atoms with Crippen molar-refractivity contribution < 1.29 is 9.59 Å². The molecule has 96 valence electrons. The molecule has 0 radical (unpaired) electrons. The van der Waals surface area contributed by atoms with Gasteiger partial charge in [0.2, 0.25) is 11.8 Å². The fourth-order valence-corrected chi connectivity index (χ4v) is 2.57. The van der Waals surface area contributed by atoms with Crippen LogP contribution in [0.5, 0.6) is 0 Å². The monoisotopic (exact) mass is 239 g/mol. The number of rotatable bonds is 4. The predicted molar refractivity (Wildman–Crippen MR) is 64.5 cm³/mol. The largest absolute Gasteiger partial charge is 0.338 e. The van der Waals surface area contributed by atoms with Crippen molar-refractivity contribution in [3.8, 4) is 0 Å². The van der Waals surface area contributed by atoms with E-state index in [9.17, 15) is 9.59 Å². The van der Waals surface area contributed by atoms with Crippen LogP contribution in [0.1, 0.15) is 26.2 Å². The lowest BCUT2D eigenvalue weighted by Crippen LogP contribution is -2.54. The van der Waals surface area contributed by atoms with Crippen LogP contribution in [-0.2, 0) is 9.59 Å². The molecule has 0 aromatic heterocycles. The van der Waals surface area contributed by atoms with Crippen LogP contribution in [0.2, 0.25) is 0 Å². The number of hydrogen-bond acceptors (Lipinski definition) is 3. The highest BCUT2D eigenvalue weighted by atomic mass is 16.2. The van der Waals surface area contributed by atoms with Gasteiger partial charge < -0.3 is 15.1 Å². The Kier molecular flexibility index (Phi) is 3.99. The SMILES string of the molecule is CCCNCC(=O)N1CCN2C(=O)CCC2C1. The topological polar surface area (TPSA) is 52.7 Å². The Morgan fingerprint density at radius 3 is 3.06 bits per heavy atom. The molecule has 2 fully saturated rings. The minimum atomic E-state index is 0.164. The fraction of sp³-hybridized carbons (Fsp3) is 0.833. The summed E-state index contributed by atoms with van der Waals surface area (Å²) < 4.78 is 0. The van der Waals surface area contributed by atoms with E-state index in [1.807, 2.05) is 9.80 Å². The van der Waals surface area contributed by atoms with Crippen molar-refractivity contribution in [2.24, 2.45) is 0 Å². The summed E-state index contributed by atoms with van der Waals surface area (Å²) in [6.45, 7) is 5.51. The van der Waals surface area contributed by atoms with Crippen molar-refractivity contribution in [1.29, 1.82) is 0 Å². The zero-order chi connectivity index (χ0) is 12.3. The second-order valence-corrected chi connectivity index (χ2v) is 4.80. The Morgan fingerprint density at radius 1 is 1.47 bits per heavy atom. The molecule has 2 aliphatic heterocycles. The van der Waals surface area contributed by atoms with Crippen molar-refractivity contribution in [1.82, 2.24) is 15.1 Å². The Bertz CT molecular complexity index is 306. The zero-order valence-corrected chi connectivity index (χ0v) is 10.4. The molecule has 0 aromatic carbocycles. The number of piperazine rings is 1. The molecular formula is C12H21N3O2. The molecule has 2 aliphatic rings. The zero-order valence-electron chi connectivity index (χ0n) is 10.4. The number of nitrogens with one attached hydrogen (secondary N) is 1. The first-order valence-corrected chi connectivity index (χ1v) is 6.50. The number of amides is 2. The van der Waals surface area contributed by atoms with E-state index in [2.05, 4.69) is 12.2 Å². The Morgan fingerprint density at radius 2 is 2.29 bits per heavy atom. The fourth-order valence-electron chi connectivity index (χ4n) is 2.57. The summed E-state index contributed by atoms with van der Waals surface area (Å²) in [5, 5.41) is 3.13. The molecule has 17 heavy (non-hydrogen) atoms. The van der Waals surface area contributed by atoms with Crippen molar-refractivity contribution in [2.75, 3.05) is 32.7 Å². The van der Waals surface area contributed by atoms with Crippen LogP contribution in [0.3, 0.4) is 0 Å². The quantitative estimate of drug-likeness (QED) is 0.692. The lowest BCUT2D eigenvalue weighted by molar-refractivity contribution is -0.138. The van der Waals surface area contributed by atoms with Gasteiger partial charge in [0.05, 0.1) is 6.54 Å². The van der Waals surface area contributed by atoms with Gasteiger partial charge in [-0.1, -0.05) is 6.92 Å². The normalized spacial score (nSPS) is 24.1. The standard InChI is InChI=1S/C12H21N3O2/c1-2-5-13-8-12(17)14-6-7-15-10(9-14)3-4-11(15)16/h10,13H,2-9H2,1H3. The smallest absolute Gasteiger partial charge is 0.236 e. The minimum absolute atomic E-state index is 0.164. The first-order valence-electron chi connectivity index (χ1n) is 6.50. The third-order valence-corrected chi connectivity index (χ3v) is 3.55. The van der Waals surface area contributed by atoms with Gasteiger partial charge in [-0.15, -0.1) is 0 Å². The van der Waals surface area contributed by atoms with E-state index in [1.54, 1.807) is 0 Å². The van der Waals surface area contributed by atoms with E-state index in [0.29, 0.717) is 26.1 Å². The molecule has 5 nitrogen and oxygen atoms in total. The summed E-state index contributed by atoms with van der Waals surface area (Å²) in [5.41, 5.74) is 0. The maximum atomic E-state index is 11.9. The molecule has 0 bridgehead atoms. The van der Waals surface area contributed by atoms with Crippen molar-refractivity contribution in [3.05, 3.63) is 0 Å².